The lowest BCUT2D eigenvalue weighted by atomic mass is 10.1. The summed E-state index contributed by atoms with van der Waals surface area (Å²) in [6.07, 6.45) is 1.94. The van der Waals surface area contributed by atoms with Crippen molar-refractivity contribution in [2.24, 2.45) is 0 Å². The van der Waals surface area contributed by atoms with Crippen molar-refractivity contribution in [3.63, 3.8) is 0 Å². The highest BCUT2D eigenvalue weighted by Gasteiger charge is 2.12. The summed E-state index contributed by atoms with van der Waals surface area (Å²) in [5, 5.41) is 8.05. The third kappa shape index (κ3) is 3.19. The van der Waals surface area contributed by atoms with Gasteiger partial charge in [-0.1, -0.05) is 12.1 Å². The fourth-order valence-electron chi connectivity index (χ4n) is 2.73. The molecule has 0 saturated heterocycles. The molecule has 1 aromatic carbocycles. The fraction of sp³-hybridized carbons (Fsp3) is 0.333. The van der Waals surface area contributed by atoms with Gasteiger partial charge in [0, 0.05) is 36.1 Å². The number of rotatable bonds is 5. The van der Waals surface area contributed by atoms with Gasteiger partial charge < -0.3 is 10.1 Å². The van der Waals surface area contributed by atoms with Gasteiger partial charge >= 0.3 is 0 Å². The first-order valence-corrected chi connectivity index (χ1v) is 7.76. The van der Waals surface area contributed by atoms with E-state index in [0.717, 1.165) is 34.9 Å². The molecule has 0 aliphatic heterocycles. The molecule has 23 heavy (non-hydrogen) atoms. The zero-order chi connectivity index (χ0) is 16.4. The van der Waals surface area contributed by atoms with Gasteiger partial charge in [0.25, 0.3) is 0 Å². The lowest BCUT2D eigenvalue weighted by Gasteiger charge is -2.17. The van der Waals surface area contributed by atoms with Crippen LogP contribution in [-0.4, -0.2) is 21.7 Å². The quantitative estimate of drug-likeness (QED) is 0.786. The zero-order valence-electron chi connectivity index (χ0n) is 14.0. The number of fused-ring (bicyclic) bond motifs is 1. The van der Waals surface area contributed by atoms with Gasteiger partial charge in [0.2, 0.25) is 0 Å². The molecule has 3 rings (SSSR count). The first-order chi connectivity index (χ1) is 11.1. The van der Waals surface area contributed by atoms with E-state index in [4.69, 9.17) is 4.74 Å². The molecule has 0 unspecified atom stereocenters. The average Bonchev–Trinajstić information content (AvgIpc) is 2.95. The van der Waals surface area contributed by atoms with Crippen molar-refractivity contribution in [1.82, 2.24) is 19.9 Å². The summed E-state index contributed by atoms with van der Waals surface area (Å²) in [7, 11) is 1.68. The predicted molar refractivity (Wildman–Crippen MR) is 90.7 cm³/mol. The Kier molecular flexibility index (Phi) is 4.30. The molecule has 1 N–H and O–H groups in total. The minimum absolute atomic E-state index is 0.193. The van der Waals surface area contributed by atoms with E-state index in [1.165, 1.54) is 5.56 Å². The first kappa shape index (κ1) is 15.5. The van der Waals surface area contributed by atoms with Gasteiger partial charge in [-0.05, 0) is 38.5 Å². The molecule has 0 amide bonds. The van der Waals surface area contributed by atoms with Crippen LogP contribution in [0, 0.1) is 13.8 Å². The minimum atomic E-state index is 0.193. The summed E-state index contributed by atoms with van der Waals surface area (Å²) in [6.45, 7) is 7.01. The molecule has 0 aliphatic rings. The van der Waals surface area contributed by atoms with Crippen LogP contribution >= 0.6 is 0 Å². The second-order valence-electron chi connectivity index (χ2n) is 5.81. The van der Waals surface area contributed by atoms with Crippen molar-refractivity contribution in [3.05, 3.63) is 59.0 Å². The second-order valence-corrected chi connectivity index (χ2v) is 5.81. The Labute approximate surface area is 136 Å². The molecule has 0 aliphatic carbocycles. The van der Waals surface area contributed by atoms with Gasteiger partial charge in [-0.3, -0.25) is 0 Å². The molecule has 0 radical (unpaired) electrons. The van der Waals surface area contributed by atoms with E-state index in [1.807, 2.05) is 35.8 Å². The normalized spacial score (nSPS) is 12.5. The molecular formula is C18H22N4O. The maximum atomic E-state index is 5.18. The van der Waals surface area contributed by atoms with E-state index in [2.05, 4.69) is 41.4 Å². The topological polar surface area (TPSA) is 51.5 Å². The number of nitrogens with zero attached hydrogens (tertiary/aromatic N) is 3. The van der Waals surface area contributed by atoms with Gasteiger partial charge in [-0.2, -0.15) is 5.10 Å². The lowest BCUT2D eigenvalue weighted by molar-refractivity contribution is 0.414. The number of hydrogen-bond acceptors (Lipinski definition) is 4. The third-order valence-electron chi connectivity index (χ3n) is 4.12. The Morgan fingerprint density at radius 3 is 2.65 bits per heavy atom. The predicted octanol–water partition coefficient (Wildman–Crippen LogP) is 3.21. The Hall–Kier alpha value is -2.40. The third-order valence-corrected chi connectivity index (χ3v) is 4.12. The molecule has 2 heterocycles. The molecule has 0 saturated carbocycles. The van der Waals surface area contributed by atoms with E-state index in [1.54, 1.807) is 7.11 Å². The maximum absolute atomic E-state index is 5.18. The number of benzene rings is 1. The molecule has 0 bridgehead atoms. The minimum Gasteiger partial charge on any atom is -0.497 e. The van der Waals surface area contributed by atoms with Gasteiger partial charge in [0.05, 0.1) is 12.8 Å². The highest BCUT2D eigenvalue weighted by molar-refractivity contribution is 5.42. The summed E-state index contributed by atoms with van der Waals surface area (Å²) in [6, 6.07) is 10.3. The molecule has 0 spiro atoms. The summed E-state index contributed by atoms with van der Waals surface area (Å²) in [5.74, 6) is 0.876. The van der Waals surface area contributed by atoms with Crippen molar-refractivity contribution in [3.8, 4) is 5.75 Å². The van der Waals surface area contributed by atoms with Crippen LogP contribution in [0.15, 0.2) is 36.5 Å². The van der Waals surface area contributed by atoms with Crippen LogP contribution in [0.2, 0.25) is 0 Å². The Morgan fingerprint density at radius 2 is 1.96 bits per heavy atom. The van der Waals surface area contributed by atoms with Gasteiger partial charge in [-0.15, -0.1) is 0 Å². The Morgan fingerprint density at radius 1 is 1.22 bits per heavy atom. The Balaban J connectivity index is 1.74. The van der Waals surface area contributed by atoms with E-state index in [-0.39, 0.29) is 6.04 Å². The van der Waals surface area contributed by atoms with E-state index < -0.39 is 0 Å². The van der Waals surface area contributed by atoms with Crippen molar-refractivity contribution >= 4 is 5.65 Å². The molecule has 5 nitrogen and oxygen atoms in total. The number of hydrogen-bond donors (Lipinski definition) is 1. The van der Waals surface area contributed by atoms with Crippen LogP contribution in [0.1, 0.15) is 35.5 Å². The van der Waals surface area contributed by atoms with Crippen LogP contribution in [0.4, 0.5) is 0 Å². The first-order valence-electron chi connectivity index (χ1n) is 7.76. The van der Waals surface area contributed by atoms with Crippen molar-refractivity contribution < 1.29 is 4.74 Å². The SMILES string of the molecule is COc1ccc(CN[C@@H](C)c2cnc3cc(C)nn3c2C)cc1. The lowest BCUT2D eigenvalue weighted by Crippen LogP contribution is -2.20. The monoisotopic (exact) mass is 310 g/mol. The zero-order valence-corrected chi connectivity index (χ0v) is 14.0. The average molecular weight is 310 g/mol. The van der Waals surface area contributed by atoms with Crippen LogP contribution in [0.25, 0.3) is 5.65 Å². The second kappa shape index (κ2) is 6.38. The molecular weight excluding hydrogens is 288 g/mol. The standard InChI is InChI=1S/C18H22N4O/c1-12-9-18-20-11-17(14(3)22(18)21-12)13(2)19-10-15-5-7-16(23-4)8-6-15/h5-9,11,13,19H,10H2,1-4H3/t13-/m0/s1. The number of ether oxygens (including phenoxy) is 1. The molecule has 1 atom stereocenters. The van der Waals surface area contributed by atoms with Crippen molar-refractivity contribution in [1.29, 1.82) is 0 Å². The fourth-order valence-corrected chi connectivity index (χ4v) is 2.73. The molecule has 0 fully saturated rings. The molecule has 120 valence electrons. The van der Waals surface area contributed by atoms with Crippen LogP contribution < -0.4 is 10.1 Å². The molecule has 5 heteroatoms. The number of nitrogens with one attached hydrogen (secondary N) is 1. The highest BCUT2D eigenvalue weighted by atomic mass is 16.5. The smallest absolute Gasteiger partial charge is 0.155 e. The maximum Gasteiger partial charge on any atom is 0.155 e. The summed E-state index contributed by atoms with van der Waals surface area (Å²) < 4.78 is 7.10. The van der Waals surface area contributed by atoms with Gasteiger partial charge in [0.1, 0.15) is 5.75 Å². The number of methoxy groups -OCH3 is 1. The van der Waals surface area contributed by atoms with Crippen LogP contribution in [0.5, 0.6) is 5.75 Å². The van der Waals surface area contributed by atoms with E-state index >= 15 is 0 Å². The molecule has 2 aromatic heterocycles. The highest BCUT2D eigenvalue weighted by Crippen LogP contribution is 2.19. The van der Waals surface area contributed by atoms with Crippen molar-refractivity contribution in [2.75, 3.05) is 7.11 Å². The van der Waals surface area contributed by atoms with Gasteiger partial charge in [-0.25, -0.2) is 9.50 Å². The van der Waals surface area contributed by atoms with E-state index in [0.29, 0.717) is 0 Å². The number of aryl methyl sites for hydroxylation is 2. The summed E-state index contributed by atoms with van der Waals surface area (Å²) in [4.78, 5) is 4.51. The molecule has 3 aromatic rings. The van der Waals surface area contributed by atoms with Crippen LogP contribution in [0.3, 0.4) is 0 Å². The number of aromatic nitrogens is 3. The van der Waals surface area contributed by atoms with Crippen LogP contribution in [-0.2, 0) is 6.54 Å². The Bertz CT molecular complexity index is 808. The largest absolute Gasteiger partial charge is 0.497 e. The van der Waals surface area contributed by atoms with E-state index in [9.17, 15) is 0 Å². The summed E-state index contributed by atoms with van der Waals surface area (Å²) in [5.41, 5.74) is 5.38. The van der Waals surface area contributed by atoms with Gasteiger partial charge in [0.15, 0.2) is 5.65 Å². The summed E-state index contributed by atoms with van der Waals surface area (Å²) >= 11 is 0. The van der Waals surface area contributed by atoms with Crippen molar-refractivity contribution in [2.45, 2.75) is 33.4 Å².